The lowest BCUT2D eigenvalue weighted by Gasteiger charge is -2.15. The van der Waals surface area contributed by atoms with Crippen molar-refractivity contribution in [3.8, 4) is 0 Å². The van der Waals surface area contributed by atoms with Crippen molar-refractivity contribution in [1.82, 2.24) is 9.55 Å². The summed E-state index contributed by atoms with van der Waals surface area (Å²) in [6.07, 6.45) is 2.39. The Labute approximate surface area is 121 Å². The van der Waals surface area contributed by atoms with Crippen LogP contribution in [0.4, 0.5) is 4.39 Å². The SMILES string of the molecule is CC(Cc1ccco1)n1c(CCl)nc2cc(F)ccc21. The van der Waals surface area contributed by atoms with Gasteiger partial charge < -0.3 is 8.98 Å². The highest BCUT2D eigenvalue weighted by Gasteiger charge is 2.17. The normalized spacial score (nSPS) is 12.9. The van der Waals surface area contributed by atoms with Gasteiger partial charge in [0.25, 0.3) is 0 Å². The van der Waals surface area contributed by atoms with Gasteiger partial charge in [-0.2, -0.15) is 0 Å². The minimum atomic E-state index is -0.290. The van der Waals surface area contributed by atoms with Gasteiger partial charge in [0.05, 0.1) is 23.2 Å². The highest BCUT2D eigenvalue weighted by atomic mass is 35.5. The van der Waals surface area contributed by atoms with Crippen LogP contribution in [0.15, 0.2) is 41.0 Å². The quantitative estimate of drug-likeness (QED) is 0.671. The van der Waals surface area contributed by atoms with Gasteiger partial charge in [-0.15, -0.1) is 11.6 Å². The summed E-state index contributed by atoms with van der Waals surface area (Å²) in [5.74, 6) is 1.65. The van der Waals surface area contributed by atoms with Crippen molar-refractivity contribution in [1.29, 1.82) is 0 Å². The standard InChI is InChI=1S/C15H14ClFN2O/c1-10(7-12-3-2-6-20-12)19-14-5-4-11(17)8-13(14)18-15(19)9-16/h2-6,8,10H,7,9H2,1H3. The largest absolute Gasteiger partial charge is 0.469 e. The minimum Gasteiger partial charge on any atom is -0.469 e. The fourth-order valence-electron chi connectivity index (χ4n) is 2.52. The maximum atomic E-state index is 13.3. The second-order valence-corrected chi connectivity index (χ2v) is 5.06. The summed E-state index contributed by atoms with van der Waals surface area (Å²) in [6, 6.07) is 8.55. The van der Waals surface area contributed by atoms with E-state index >= 15 is 0 Å². The number of aromatic nitrogens is 2. The van der Waals surface area contributed by atoms with Gasteiger partial charge in [0.1, 0.15) is 17.4 Å². The van der Waals surface area contributed by atoms with Gasteiger partial charge in [-0.25, -0.2) is 9.37 Å². The number of imidazole rings is 1. The van der Waals surface area contributed by atoms with Gasteiger partial charge in [-0.3, -0.25) is 0 Å². The molecule has 1 unspecified atom stereocenters. The van der Waals surface area contributed by atoms with Crippen molar-refractivity contribution in [3.05, 3.63) is 54.0 Å². The first-order valence-electron chi connectivity index (χ1n) is 6.43. The summed E-state index contributed by atoms with van der Waals surface area (Å²) in [6.45, 7) is 2.07. The zero-order valence-corrected chi connectivity index (χ0v) is 11.8. The molecule has 104 valence electrons. The molecule has 3 aromatic rings. The first-order valence-corrected chi connectivity index (χ1v) is 6.97. The number of hydrogen-bond donors (Lipinski definition) is 0. The average molecular weight is 293 g/mol. The van der Waals surface area contributed by atoms with Crippen molar-refractivity contribution < 1.29 is 8.81 Å². The Morgan fingerprint density at radius 3 is 2.95 bits per heavy atom. The van der Waals surface area contributed by atoms with Gasteiger partial charge >= 0.3 is 0 Å². The van der Waals surface area contributed by atoms with Crippen molar-refractivity contribution in [2.75, 3.05) is 0 Å². The van der Waals surface area contributed by atoms with E-state index in [-0.39, 0.29) is 11.9 Å². The molecule has 0 aliphatic heterocycles. The molecule has 0 fully saturated rings. The molecule has 0 bridgehead atoms. The first kappa shape index (κ1) is 13.2. The van der Waals surface area contributed by atoms with Crippen molar-refractivity contribution in [2.24, 2.45) is 0 Å². The molecule has 0 aliphatic carbocycles. The zero-order valence-electron chi connectivity index (χ0n) is 11.0. The number of halogens is 2. The number of rotatable bonds is 4. The van der Waals surface area contributed by atoms with Gasteiger partial charge in [-0.1, -0.05) is 0 Å². The van der Waals surface area contributed by atoms with Gasteiger partial charge in [0.2, 0.25) is 0 Å². The lowest BCUT2D eigenvalue weighted by atomic mass is 10.2. The third-order valence-corrected chi connectivity index (χ3v) is 3.60. The van der Waals surface area contributed by atoms with Crippen LogP contribution in [0.5, 0.6) is 0 Å². The van der Waals surface area contributed by atoms with Crippen LogP contribution in [0.1, 0.15) is 24.6 Å². The monoisotopic (exact) mass is 292 g/mol. The molecular formula is C15H14ClFN2O. The average Bonchev–Trinajstić information content (AvgIpc) is 3.04. The Balaban J connectivity index is 2.04. The van der Waals surface area contributed by atoms with E-state index in [9.17, 15) is 4.39 Å². The van der Waals surface area contributed by atoms with Crippen molar-refractivity contribution in [2.45, 2.75) is 25.3 Å². The number of alkyl halides is 1. The molecule has 20 heavy (non-hydrogen) atoms. The van der Waals surface area contributed by atoms with Crippen LogP contribution in [0.25, 0.3) is 11.0 Å². The molecular weight excluding hydrogens is 279 g/mol. The maximum Gasteiger partial charge on any atom is 0.125 e. The summed E-state index contributed by atoms with van der Waals surface area (Å²) < 4.78 is 20.7. The van der Waals surface area contributed by atoms with E-state index in [1.807, 2.05) is 16.7 Å². The molecule has 0 amide bonds. The molecule has 0 radical (unpaired) electrons. The summed E-state index contributed by atoms with van der Waals surface area (Å²) >= 11 is 5.97. The minimum absolute atomic E-state index is 0.130. The number of nitrogens with zero attached hydrogens (tertiary/aromatic N) is 2. The Bertz CT molecular complexity index is 721. The van der Waals surface area contributed by atoms with Crippen LogP contribution in [-0.2, 0) is 12.3 Å². The summed E-state index contributed by atoms with van der Waals surface area (Å²) in [7, 11) is 0. The number of furan rings is 1. The molecule has 2 heterocycles. The molecule has 2 aromatic heterocycles. The number of benzene rings is 1. The van der Waals surface area contributed by atoms with E-state index in [0.29, 0.717) is 11.4 Å². The van der Waals surface area contributed by atoms with E-state index in [0.717, 1.165) is 23.5 Å². The second kappa shape index (κ2) is 5.29. The Morgan fingerprint density at radius 2 is 2.25 bits per heavy atom. The predicted octanol–water partition coefficient (Wildman–Crippen LogP) is 4.31. The smallest absolute Gasteiger partial charge is 0.125 e. The van der Waals surface area contributed by atoms with Gasteiger partial charge in [0.15, 0.2) is 0 Å². The van der Waals surface area contributed by atoms with E-state index in [1.54, 1.807) is 12.3 Å². The van der Waals surface area contributed by atoms with E-state index in [1.165, 1.54) is 12.1 Å². The highest BCUT2D eigenvalue weighted by Crippen LogP contribution is 2.25. The topological polar surface area (TPSA) is 31.0 Å². The molecule has 1 aromatic carbocycles. The lowest BCUT2D eigenvalue weighted by Crippen LogP contribution is -2.10. The first-order chi connectivity index (χ1) is 9.69. The zero-order chi connectivity index (χ0) is 14.1. The summed E-state index contributed by atoms with van der Waals surface area (Å²) in [5, 5.41) is 0. The molecule has 3 rings (SSSR count). The van der Waals surface area contributed by atoms with Crippen LogP contribution >= 0.6 is 11.6 Å². The fourth-order valence-corrected chi connectivity index (χ4v) is 2.71. The predicted molar refractivity (Wildman–Crippen MR) is 76.4 cm³/mol. The molecule has 0 aliphatic rings. The van der Waals surface area contributed by atoms with Crippen molar-refractivity contribution in [3.63, 3.8) is 0 Å². The van der Waals surface area contributed by atoms with Gasteiger partial charge in [0, 0.05) is 18.5 Å². The van der Waals surface area contributed by atoms with Crippen LogP contribution in [0, 0.1) is 5.82 Å². The lowest BCUT2D eigenvalue weighted by molar-refractivity contribution is 0.449. The van der Waals surface area contributed by atoms with E-state index < -0.39 is 0 Å². The molecule has 5 heteroatoms. The van der Waals surface area contributed by atoms with E-state index in [2.05, 4.69) is 11.9 Å². The van der Waals surface area contributed by atoms with Gasteiger partial charge in [-0.05, 0) is 31.2 Å². The Morgan fingerprint density at radius 1 is 1.40 bits per heavy atom. The summed E-state index contributed by atoms with van der Waals surface area (Å²) in [4.78, 5) is 4.40. The molecule has 0 N–H and O–H groups in total. The second-order valence-electron chi connectivity index (χ2n) is 4.80. The third kappa shape index (κ3) is 2.31. The molecule has 1 atom stereocenters. The van der Waals surface area contributed by atoms with Crippen LogP contribution < -0.4 is 0 Å². The maximum absolute atomic E-state index is 13.3. The fraction of sp³-hybridized carbons (Fsp3) is 0.267. The van der Waals surface area contributed by atoms with Crippen molar-refractivity contribution >= 4 is 22.6 Å². The van der Waals surface area contributed by atoms with Crippen LogP contribution in [-0.4, -0.2) is 9.55 Å². The van der Waals surface area contributed by atoms with Crippen LogP contribution in [0.3, 0.4) is 0 Å². The van der Waals surface area contributed by atoms with Crippen LogP contribution in [0.2, 0.25) is 0 Å². The third-order valence-electron chi connectivity index (χ3n) is 3.36. The number of fused-ring (bicyclic) bond motifs is 1. The molecule has 0 saturated carbocycles. The van der Waals surface area contributed by atoms with E-state index in [4.69, 9.17) is 16.0 Å². The molecule has 3 nitrogen and oxygen atoms in total. The molecule has 0 saturated heterocycles. The highest BCUT2D eigenvalue weighted by molar-refractivity contribution is 6.16. The molecule has 0 spiro atoms. The Kier molecular flexibility index (Phi) is 3.49. The Hall–Kier alpha value is -1.81. The summed E-state index contributed by atoms with van der Waals surface area (Å²) in [5.41, 5.74) is 1.52. The number of hydrogen-bond acceptors (Lipinski definition) is 2.